The highest BCUT2D eigenvalue weighted by Crippen LogP contribution is 1.84. The van der Waals surface area contributed by atoms with Gasteiger partial charge in [-0.1, -0.05) is 6.07 Å². The Kier molecular flexibility index (Phi) is 1.65. The lowest BCUT2D eigenvalue weighted by Crippen LogP contribution is -2.09. The second kappa shape index (κ2) is 2.46. The van der Waals surface area contributed by atoms with Crippen LogP contribution in [0.5, 0.6) is 0 Å². The lowest BCUT2D eigenvalue weighted by Gasteiger charge is -1.91. The van der Waals surface area contributed by atoms with Crippen molar-refractivity contribution in [1.29, 1.82) is 0 Å². The highest BCUT2D eigenvalue weighted by Gasteiger charge is 1.85. The van der Waals surface area contributed by atoms with Gasteiger partial charge in [0.2, 0.25) is 5.56 Å². The highest BCUT2D eigenvalue weighted by atomic mass is 16.1. The molecule has 3 N–H and O–H groups in total. The quantitative estimate of drug-likeness (QED) is 0.546. The summed E-state index contributed by atoms with van der Waals surface area (Å²) < 4.78 is 0. The van der Waals surface area contributed by atoms with Gasteiger partial charge in [-0.2, -0.15) is 0 Å². The minimum atomic E-state index is -0.0991. The number of rotatable bonds is 1. The van der Waals surface area contributed by atoms with Crippen molar-refractivity contribution in [2.75, 3.05) is 0 Å². The molecule has 1 rings (SSSR count). The summed E-state index contributed by atoms with van der Waals surface area (Å²) in [4.78, 5) is 13.1. The number of aromatic amines is 1. The maximum atomic E-state index is 10.5. The van der Waals surface area contributed by atoms with Gasteiger partial charge in [-0.25, -0.2) is 0 Å². The number of H-pyrrole nitrogens is 1. The van der Waals surface area contributed by atoms with E-state index in [0.29, 0.717) is 6.54 Å². The zero-order valence-corrected chi connectivity index (χ0v) is 4.92. The number of hydrogen-bond acceptors (Lipinski definition) is 2. The molecule has 0 amide bonds. The molecule has 3 nitrogen and oxygen atoms in total. The van der Waals surface area contributed by atoms with Crippen molar-refractivity contribution < 1.29 is 0 Å². The summed E-state index contributed by atoms with van der Waals surface area (Å²) in [6, 6.07) is 4.92. The molecule has 0 aliphatic rings. The number of nitrogens with two attached hydrogens (primary N) is 1. The van der Waals surface area contributed by atoms with Crippen LogP contribution in [-0.2, 0) is 6.54 Å². The molecular weight excluding hydrogens is 116 g/mol. The van der Waals surface area contributed by atoms with E-state index in [-0.39, 0.29) is 5.56 Å². The van der Waals surface area contributed by atoms with E-state index in [0.717, 1.165) is 5.69 Å². The fourth-order valence-corrected chi connectivity index (χ4v) is 0.612. The summed E-state index contributed by atoms with van der Waals surface area (Å²) in [6.07, 6.45) is 0. The van der Waals surface area contributed by atoms with E-state index in [2.05, 4.69) is 4.98 Å². The first kappa shape index (κ1) is 6.04. The zero-order chi connectivity index (χ0) is 6.69. The third-order valence-electron chi connectivity index (χ3n) is 1.05. The van der Waals surface area contributed by atoms with Gasteiger partial charge in [-0.15, -0.1) is 0 Å². The Morgan fingerprint density at radius 1 is 1.56 bits per heavy atom. The fourth-order valence-electron chi connectivity index (χ4n) is 0.612. The van der Waals surface area contributed by atoms with Crippen molar-refractivity contribution >= 4 is 0 Å². The first-order chi connectivity index (χ1) is 4.33. The Balaban J connectivity index is 3.08. The monoisotopic (exact) mass is 124 g/mol. The van der Waals surface area contributed by atoms with Crippen LogP contribution in [0.25, 0.3) is 0 Å². The van der Waals surface area contributed by atoms with Crippen LogP contribution in [0, 0.1) is 0 Å². The first-order valence-electron chi connectivity index (χ1n) is 2.71. The predicted octanol–water partition coefficient (Wildman–Crippen LogP) is -0.166. The number of hydrogen-bond donors (Lipinski definition) is 2. The summed E-state index contributed by atoms with van der Waals surface area (Å²) in [6.45, 7) is 0.385. The third-order valence-corrected chi connectivity index (χ3v) is 1.05. The highest BCUT2D eigenvalue weighted by molar-refractivity contribution is 5.02. The summed E-state index contributed by atoms with van der Waals surface area (Å²) in [5.41, 5.74) is 5.92. The largest absolute Gasteiger partial charge is 0.325 e. The molecule has 48 valence electrons. The molecule has 0 unspecified atom stereocenters. The Morgan fingerprint density at radius 3 is 2.78 bits per heavy atom. The molecule has 1 heterocycles. The smallest absolute Gasteiger partial charge is 0.248 e. The number of nitrogens with one attached hydrogen (secondary N) is 1. The summed E-state index contributed by atoms with van der Waals surface area (Å²) >= 11 is 0. The van der Waals surface area contributed by atoms with Crippen molar-refractivity contribution in [1.82, 2.24) is 4.98 Å². The molecule has 0 bridgehead atoms. The minimum Gasteiger partial charge on any atom is -0.325 e. The van der Waals surface area contributed by atoms with Crippen LogP contribution in [0.4, 0.5) is 0 Å². The van der Waals surface area contributed by atoms with Gasteiger partial charge in [0, 0.05) is 18.3 Å². The topological polar surface area (TPSA) is 58.9 Å². The fraction of sp³-hybridized carbons (Fsp3) is 0.167. The number of pyridine rings is 1. The Morgan fingerprint density at radius 2 is 2.33 bits per heavy atom. The summed E-state index contributed by atoms with van der Waals surface area (Å²) in [5, 5.41) is 0. The second-order valence-electron chi connectivity index (χ2n) is 1.74. The van der Waals surface area contributed by atoms with E-state index >= 15 is 0 Å². The van der Waals surface area contributed by atoms with Gasteiger partial charge < -0.3 is 10.7 Å². The molecule has 0 aliphatic heterocycles. The molecule has 9 heavy (non-hydrogen) atoms. The van der Waals surface area contributed by atoms with Gasteiger partial charge in [0.25, 0.3) is 0 Å². The van der Waals surface area contributed by atoms with Crippen LogP contribution in [-0.4, -0.2) is 4.98 Å². The summed E-state index contributed by atoms with van der Waals surface area (Å²) in [7, 11) is 0. The standard InChI is InChI=1S/C6H8N2O/c7-4-5-2-1-3-6(9)8-5/h1-3H,4,7H2,(H,8,9). The molecule has 0 aromatic carbocycles. The van der Waals surface area contributed by atoms with Crippen LogP contribution in [0.3, 0.4) is 0 Å². The lowest BCUT2D eigenvalue weighted by molar-refractivity contribution is 0.973. The van der Waals surface area contributed by atoms with E-state index in [1.165, 1.54) is 6.07 Å². The molecule has 0 atom stereocenters. The molecule has 0 radical (unpaired) electrons. The minimum absolute atomic E-state index is 0.0991. The van der Waals surface area contributed by atoms with E-state index in [1.54, 1.807) is 12.1 Å². The predicted molar refractivity (Wildman–Crippen MR) is 35.0 cm³/mol. The molecule has 3 heteroatoms. The molecule has 0 spiro atoms. The average molecular weight is 124 g/mol. The first-order valence-corrected chi connectivity index (χ1v) is 2.71. The van der Waals surface area contributed by atoms with Crippen LogP contribution >= 0.6 is 0 Å². The SMILES string of the molecule is NCc1cccc(=O)[nH]1. The molecule has 1 aromatic heterocycles. The van der Waals surface area contributed by atoms with E-state index in [4.69, 9.17) is 5.73 Å². The number of aromatic nitrogens is 1. The van der Waals surface area contributed by atoms with Crippen LogP contribution in [0.15, 0.2) is 23.0 Å². The van der Waals surface area contributed by atoms with Crippen molar-refractivity contribution in [2.24, 2.45) is 5.73 Å². The summed E-state index contributed by atoms with van der Waals surface area (Å²) in [5.74, 6) is 0. The maximum absolute atomic E-state index is 10.5. The lowest BCUT2D eigenvalue weighted by atomic mass is 10.4. The molecule has 0 aliphatic carbocycles. The maximum Gasteiger partial charge on any atom is 0.248 e. The Bertz CT molecular complexity index is 241. The van der Waals surface area contributed by atoms with Gasteiger partial charge in [0.05, 0.1) is 0 Å². The van der Waals surface area contributed by atoms with E-state index < -0.39 is 0 Å². The van der Waals surface area contributed by atoms with Crippen molar-refractivity contribution in [3.63, 3.8) is 0 Å². The Hall–Kier alpha value is -1.09. The molecule has 0 saturated carbocycles. The van der Waals surface area contributed by atoms with Gasteiger partial charge in [-0.05, 0) is 6.07 Å². The molecule has 1 aromatic rings. The Labute approximate surface area is 52.5 Å². The molecule has 0 saturated heterocycles. The normalized spacial score (nSPS) is 9.44. The second-order valence-corrected chi connectivity index (χ2v) is 1.74. The zero-order valence-electron chi connectivity index (χ0n) is 4.92. The molecular formula is C6H8N2O. The van der Waals surface area contributed by atoms with Crippen LogP contribution in [0.2, 0.25) is 0 Å². The average Bonchev–Trinajstić information content (AvgIpc) is 1.88. The van der Waals surface area contributed by atoms with E-state index in [1.807, 2.05) is 0 Å². The van der Waals surface area contributed by atoms with Crippen molar-refractivity contribution in [3.05, 3.63) is 34.2 Å². The van der Waals surface area contributed by atoms with Crippen LogP contribution < -0.4 is 11.3 Å². The van der Waals surface area contributed by atoms with Gasteiger partial charge in [0.1, 0.15) is 0 Å². The van der Waals surface area contributed by atoms with Gasteiger partial charge in [0.15, 0.2) is 0 Å². The van der Waals surface area contributed by atoms with E-state index in [9.17, 15) is 4.79 Å². The van der Waals surface area contributed by atoms with Gasteiger partial charge in [-0.3, -0.25) is 4.79 Å². The van der Waals surface area contributed by atoms with Crippen molar-refractivity contribution in [2.45, 2.75) is 6.54 Å². The molecule has 0 fully saturated rings. The van der Waals surface area contributed by atoms with Gasteiger partial charge >= 0.3 is 0 Å². The third kappa shape index (κ3) is 1.40. The van der Waals surface area contributed by atoms with Crippen molar-refractivity contribution in [3.8, 4) is 0 Å². The van der Waals surface area contributed by atoms with Crippen LogP contribution in [0.1, 0.15) is 5.69 Å².